The van der Waals surface area contributed by atoms with E-state index in [1.807, 2.05) is 0 Å². The molecule has 1 heterocycles. The molecule has 0 saturated heterocycles. The van der Waals surface area contributed by atoms with Crippen molar-refractivity contribution in [2.24, 2.45) is 0 Å². The molecule has 82 valence electrons. The van der Waals surface area contributed by atoms with Crippen LogP contribution in [-0.4, -0.2) is 31.1 Å². The van der Waals surface area contributed by atoms with Gasteiger partial charge in [0.15, 0.2) is 5.13 Å². The number of carbonyl (C=O) groups is 2. The van der Waals surface area contributed by atoms with Gasteiger partial charge >= 0.3 is 11.9 Å². The van der Waals surface area contributed by atoms with Gasteiger partial charge in [-0.25, -0.2) is 9.78 Å². The summed E-state index contributed by atoms with van der Waals surface area (Å²) in [4.78, 5) is 26.4. The Bertz CT molecular complexity index is 388. The molecule has 1 aromatic rings. The highest BCUT2D eigenvalue weighted by Gasteiger charge is 2.20. The van der Waals surface area contributed by atoms with Crippen LogP contribution in [0.4, 0.5) is 5.13 Å². The summed E-state index contributed by atoms with van der Waals surface area (Å²) in [5.74, 6) is -1.03. The Kier molecular flexibility index (Phi) is 3.62. The quantitative estimate of drug-likeness (QED) is 0.747. The molecule has 0 fully saturated rings. The third-order valence-corrected chi connectivity index (χ3v) is 2.53. The summed E-state index contributed by atoms with van der Waals surface area (Å²) < 4.78 is 8.99. The maximum absolute atomic E-state index is 11.3. The van der Waals surface area contributed by atoms with Crippen molar-refractivity contribution >= 4 is 28.4 Å². The number of carbonyl (C=O) groups excluding carboxylic acids is 2. The van der Waals surface area contributed by atoms with E-state index in [1.54, 1.807) is 0 Å². The lowest BCUT2D eigenvalue weighted by Gasteiger charge is -1.98. The maximum atomic E-state index is 11.3. The third kappa shape index (κ3) is 2.66. The van der Waals surface area contributed by atoms with Gasteiger partial charge in [0, 0.05) is 0 Å². The van der Waals surface area contributed by atoms with Crippen LogP contribution in [0, 0.1) is 0 Å². The van der Waals surface area contributed by atoms with Crippen molar-refractivity contribution in [1.29, 1.82) is 0 Å². The summed E-state index contributed by atoms with van der Waals surface area (Å²) in [5.41, 5.74) is 5.72. The van der Waals surface area contributed by atoms with Gasteiger partial charge in [0.2, 0.25) is 0 Å². The number of rotatable bonds is 3. The Hall–Kier alpha value is -1.63. The number of ether oxygens (including phenoxy) is 2. The number of nitrogens with zero attached hydrogens (tertiary/aromatic N) is 1. The van der Waals surface area contributed by atoms with Gasteiger partial charge in [0.1, 0.15) is 4.88 Å². The SMILES string of the molecule is COC(=O)Cc1nc(N)sc1C(=O)OC. The number of aromatic nitrogens is 1. The monoisotopic (exact) mass is 230 g/mol. The summed E-state index contributed by atoms with van der Waals surface area (Å²) in [5, 5.41) is 0.217. The Balaban J connectivity index is 2.96. The van der Waals surface area contributed by atoms with Crippen LogP contribution in [0.15, 0.2) is 0 Å². The fourth-order valence-electron chi connectivity index (χ4n) is 0.951. The molecule has 0 radical (unpaired) electrons. The van der Waals surface area contributed by atoms with E-state index in [4.69, 9.17) is 5.73 Å². The number of esters is 2. The molecule has 1 aromatic heterocycles. The molecule has 0 amide bonds. The molecule has 0 unspecified atom stereocenters. The summed E-state index contributed by atoms with van der Waals surface area (Å²) in [6, 6.07) is 0. The van der Waals surface area contributed by atoms with Crippen molar-refractivity contribution in [2.75, 3.05) is 20.0 Å². The van der Waals surface area contributed by atoms with Crippen molar-refractivity contribution < 1.29 is 19.1 Å². The number of nitrogen functional groups attached to an aromatic ring is 1. The highest BCUT2D eigenvalue weighted by Crippen LogP contribution is 2.21. The molecule has 0 aliphatic carbocycles. The van der Waals surface area contributed by atoms with Crippen LogP contribution in [0.3, 0.4) is 0 Å². The molecule has 6 nitrogen and oxygen atoms in total. The molecular weight excluding hydrogens is 220 g/mol. The molecule has 0 atom stereocenters. The van der Waals surface area contributed by atoms with Crippen LogP contribution in [0.2, 0.25) is 0 Å². The number of nitrogens with two attached hydrogens (primary N) is 1. The average molecular weight is 230 g/mol. The van der Waals surface area contributed by atoms with E-state index in [9.17, 15) is 9.59 Å². The molecule has 2 N–H and O–H groups in total. The fraction of sp³-hybridized carbons (Fsp3) is 0.375. The molecule has 0 bridgehead atoms. The van der Waals surface area contributed by atoms with E-state index >= 15 is 0 Å². The standard InChI is InChI=1S/C8H10N2O4S/c1-13-5(11)3-4-6(7(12)14-2)15-8(9)10-4/h3H2,1-2H3,(H2,9,10). The third-order valence-electron chi connectivity index (χ3n) is 1.62. The first kappa shape index (κ1) is 11.4. The van der Waals surface area contributed by atoms with Crippen molar-refractivity contribution in [3.8, 4) is 0 Å². The second-order valence-electron chi connectivity index (χ2n) is 2.57. The van der Waals surface area contributed by atoms with Gasteiger partial charge < -0.3 is 15.2 Å². The molecular formula is C8H10N2O4S. The van der Waals surface area contributed by atoms with Gasteiger partial charge in [-0.1, -0.05) is 11.3 Å². The lowest BCUT2D eigenvalue weighted by Crippen LogP contribution is -2.09. The van der Waals surface area contributed by atoms with Crippen LogP contribution >= 0.6 is 11.3 Å². The average Bonchev–Trinajstić information content (AvgIpc) is 2.58. The smallest absolute Gasteiger partial charge is 0.350 e. The number of thiazole rings is 1. The first-order chi connectivity index (χ1) is 7.08. The molecule has 0 aromatic carbocycles. The first-order valence-electron chi connectivity index (χ1n) is 3.98. The van der Waals surface area contributed by atoms with E-state index in [-0.39, 0.29) is 22.1 Å². The number of anilines is 1. The summed E-state index contributed by atoms with van der Waals surface area (Å²) in [6.07, 6.45) is -0.0887. The maximum Gasteiger partial charge on any atom is 0.350 e. The predicted octanol–water partition coefficient (Wildman–Crippen LogP) is 0.227. The van der Waals surface area contributed by atoms with E-state index in [1.165, 1.54) is 14.2 Å². The zero-order chi connectivity index (χ0) is 11.4. The highest BCUT2D eigenvalue weighted by atomic mass is 32.1. The van der Waals surface area contributed by atoms with E-state index in [0.717, 1.165) is 11.3 Å². The largest absolute Gasteiger partial charge is 0.469 e. The van der Waals surface area contributed by atoms with Crippen molar-refractivity contribution in [1.82, 2.24) is 4.98 Å². The van der Waals surface area contributed by atoms with Crippen LogP contribution in [0.1, 0.15) is 15.4 Å². The van der Waals surface area contributed by atoms with Crippen molar-refractivity contribution in [3.63, 3.8) is 0 Å². The van der Waals surface area contributed by atoms with Crippen LogP contribution in [0.5, 0.6) is 0 Å². The van der Waals surface area contributed by atoms with Crippen LogP contribution in [0.25, 0.3) is 0 Å². The van der Waals surface area contributed by atoms with E-state index in [0.29, 0.717) is 0 Å². The summed E-state index contributed by atoms with van der Waals surface area (Å²) in [7, 11) is 2.51. The Morgan fingerprint density at radius 2 is 2.07 bits per heavy atom. The Morgan fingerprint density at radius 3 is 2.60 bits per heavy atom. The Labute approximate surface area is 90.0 Å². The normalized spacial score (nSPS) is 9.73. The molecule has 15 heavy (non-hydrogen) atoms. The molecule has 0 saturated carbocycles. The second kappa shape index (κ2) is 4.74. The molecule has 0 spiro atoms. The highest BCUT2D eigenvalue weighted by molar-refractivity contribution is 7.17. The molecule has 0 aliphatic heterocycles. The van der Waals surface area contributed by atoms with Gasteiger partial charge in [0.05, 0.1) is 26.3 Å². The van der Waals surface area contributed by atoms with Gasteiger partial charge in [0.25, 0.3) is 0 Å². The fourth-order valence-corrected chi connectivity index (χ4v) is 1.72. The van der Waals surface area contributed by atoms with Gasteiger partial charge in [-0.3, -0.25) is 4.79 Å². The molecule has 1 rings (SSSR count). The van der Waals surface area contributed by atoms with Crippen molar-refractivity contribution in [2.45, 2.75) is 6.42 Å². The van der Waals surface area contributed by atoms with Crippen LogP contribution in [-0.2, 0) is 20.7 Å². The van der Waals surface area contributed by atoms with Gasteiger partial charge in [-0.2, -0.15) is 0 Å². The minimum atomic E-state index is -0.553. The summed E-state index contributed by atoms with van der Waals surface area (Å²) >= 11 is 0.984. The number of hydrogen-bond donors (Lipinski definition) is 1. The van der Waals surface area contributed by atoms with Crippen molar-refractivity contribution in [3.05, 3.63) is 10.6 Å². The van der Waals surface area contributed by atoms with Crippen LogP contribution < -0.4 is 5.73 Å². The lowest BCUT2D eigenvalue weighted by molar-refractivity contribution is -0.139. The first-order valence-corrected chi connectivity index (χ1v) is 4.80. The predicted molar refractivity (Wildman–Crippen MR) is 53.6 cm³/mol. The van der Waals surface area contributed by atoms with E-state index in [2.05, 4.69) is 14.5 Å². The van der Waals surface area contributed by atoms with Gasteiger partial charge in [-0.15, -0.1) is 0 Å². The second-order valence-corrected chi connectivity index (χ2v) is 3.60. The zero-order valence-corrected chi connectivity index (χ0v) is 9.09. The summed E-state index contributed by atoms with van der Waals surface area (Å²) in [6.45, 7) is 0. The number of methoxy groups -OCH3 is 2. The minimum absolute atomic E-state index is 0.0887. The lowest BCUT2D eigenvalue weighted by atomic mass is 10.3. The minimum Gasteiger partial charge on any atom is -0.469 e. The number of hydrogen-bond acceptors (Lipinski definition) is 7. The molecule has 0 aliphatic rings. The topological polar surface area (TPSA) is 91.5 Å². The van der Waals surface area contributed by atoms with E-state index < -0.39 is 11.9 Å². The Morgan fingerprint density at radius 1 is 1.40 bits per heavy atom. The zero-order valence-electron chi connectivity index (χ0n) is 8.27. The molecule has 7 heteroatoms. The van der Waals surface area contributed by atoms with Gasteiger partial charge in [-0.05, 0) is 0 Å².